The Bertz CT molecular complexity index is 423. The molecule has 0 saturated carbocycles. The number of ether oxygens (including phenoxy) is 1. The van der Waals surface area contributed by atoms with Crippen molar-refractivity contribution in [2.24, 2.45) is 0 Å². The highest BCUT2D eigenvalue weighted by atomic mass is 32.1. The highest BCUT2D eigenvalue weighted by molar-refractivity contribution is 7.80. The smallest absolute Gasteiger partial charge is 0.325 e. The molecule has 0 unspecified atom stereocenters. The van der Waals surface area contributed by atoms with E-state index >= 15 is 0 Å². The summed E-state index contributed by atoms with van der Waals surface area (Å²) < 4.78 is 17.2. The molecular formula is C12H15FN2O2S. The van der Waals surface area contributed by atoms with Crippen molar-refractivity contribution < 1.29 is 13.9 Å². The van der Waals surface area contributed by atoms with Crippen LogP contribution in [0.1, 0.15) is 18.5 Å². The normalized spacial score (nSPS) is 11.5. The maximum Gasteiger partial charge on any atom is 0.325 e. The highest BCUT2D eigenvalue weighted by Crippen LogP contribution is 2.12. The van der Waals surface area contributed by atoms with Gasteiger partial charge in [-0.3, -0.25) is 4.79 Å². The molecule has 4 nitrogen and oxygen atoms in total. The topological polar surface area (TPSA) is 50.4 Å². The third-order valence-corrected chi connectivity index (χ3v) is 2.60. The Balaban J connectivity index is 2.44. The number of carbonyl (C=O) groups excluding carboxylic acids is 1. The second kappa shape index (κ2) is 6.90. The molecule has 0 aliphatic heterocycles. The Morgan fingerprint density at radius 1 is 1.44 bits per heavy atom. The van der Waals surface area contributed by atoms with Crippen LogP contribution in [-0.4, -0.2) is 24.7 Å². The van der Waals surface area contributed by atoms with Gasteiger partial charge in [0.2, 0.25) is 0 Å². The molecule has 0 bridgehead atoms. The van der Waals surface area contributed by atoms with Crippen LogP contribution in [0.25, 0.3) is 0 Å². The van der Waals surface area contributed by atoms with E-state index in [1.807, 2.05) is 6.92 Å². The Labute approximate surface area is 111 Å². The maximum atomic E-state index is 12.8. The van der Waals surface area contributed by atoms with E-state index in [-0.39, 0.29) is 18.4 Å². The molecule has 1 atom stereocenters. The van der Waals surface area contributed by atoms with Gasteiger partial charge in [0.25, 0.3) is 0 Å². The zero-order chi connectivity index (χ0) is 13.5. The summed E-state index contributed by atoms with van der Waals surface area (Å²) in [5, 5.41) is 6.05. The summed E-state index contributed by atoms with van der Waals surface area (Å²) in [6.45, 7) is 1.90. The first-order valence-corrected chi connectivity index (χ1v) is 5.80. The highest BCUT2D eigenvalue weighted by Gasteiger charge is 2.08. The average molecular weight is 270 g/mol. The van der Waals surface area contributed by atoms with Crippen LogP contribution in [-0.2, 0) is 9.53 Å². The van der Waals surface area contributed by atoms with E-state index in [4.69, 9.17) is 12.2 Å². The fraction of sp³-hybridized carbons (Fsp3) is 0.333. The molecule has 0 aliphatic carbocycles. The van der Waals surface area contributed by atoms with Gasteiger partial charge < -0.3 is 15.4 Å². The summed E-state index contributed by atoms with van der Waals surface area (Å²) >= 11 is 5.02. The molecule has 0 amide bonds. The van der Waals surface area contributed by atoms with Crippen LogP contribution in [0.15, 0.2) is 24.3 Å². The molecule has 2 N–H and O–H groups in total. The second-order valence-electron chi connectivity index (χ2n) is 3.68. The van der Waals surface area contributed by atoms with Crippen LogP contribution in [0, 0.1) is 5.82 Å². The van der Waals surface area contributed by atoms with Crippen LogP contribution in [0.2, 0.25) is 0 Å². The minimum atomic E-state index is -0.395. The summed E-state index contributed by atoms with van der Waals surface area (Å²) in [7, 11) is 1.31. The standard InChI is InChI=1S/C12H15FN2O2S/c1-8(9-3-5-10(13)6-4-9)15-12(18)14-7-11(16)17-2/h3-6,8H,7H2,1-2H3,(H2,14,15,18)/t8-/m0/s1. The second-order valence-corrected chi connectivity index (χ2v) is 4.08. The van der Waals surface area contributed by atoms with Crippen LogP contribution in [0.3, 0.4) is 0 Å². The molecule has 1 aromatic carbocycles. The number of carbonyl (C=O) groups is 1. The minimum absolute atomic E-state index is 0.0124. The van der Waals surface area contributed by atoms with Gasteiger partial charge in [0, 0.05) is 0 Å². The van der Waals surface area contributed by atoms with Crippen molar-refractivity contribution in [1.82, 2.24) is 10.6 Å². The molecule has 0 saturated heterocycles. The summed E-state index contributed by atoms with van der Waals surface area (Å²) in [5.74, 6) is -0.675. The number of esters is 1. The molecule has 0 spiro atoms. The largest absolute Gasteiger partial charge is 0.468 e. The number of halogens is 1. The first kappa shape index (κ1) is 14.4. The molecule has 18 heavy (non-hydrogen) atoms. The number of nitrogens with one attached hydrogen (secondary N) is 2. The monoisotopic (exact) mass is 270 g/mol. The average Bonchev–Trinajstić information content (AvgIpc) is 2.36. The van der Waals surface area contributed by atoms with Gasteiger partial charge in [0.1, 0.15) is 12.4 Å². The molecule has 1 aromatic rings. The molecule has 6 heteroatoms. The lowest BCUT2D eigenvalue weighted by molar-refractivity contribution is -0.139. The molecule has 98 valence electrons. The predicted molar refractivity (Wildman–Crippen MR) is 70.6 cm³/mol. The summed E-state index contributed by atoms with van der Waals surface area (Å²) in [5.41, 5.74) is 0.901. The number of rotatable bonds is 4. The summed E-state index contributed by atoms with van der Waals surface area (Å²) in [6.07, 6.45) is 0. The van der Waals surface area contributed by atoms with Crippen LogP contribution in [0.4, 0.5) is 4.39 Å². The van der Waals surface area contributed by atoms with Crippen molar-refractivity contribution in [3.63, 3.8) is 0 Å². The van der Waals surface area contributed by atoms with Gasteiger partial charge in [-0.05, 0) is 36.8 Å². The number of thiocarbonyl (C=S) groups is 1. The summed E-state index contributed by atoms with van der Waals surface area (Å²) in [6, 6.07) is 6.05. The molecule has 0 fully saturated rings. The van der Waals surface area contributed by atoms with Crippen LogP contribution < -0.4 is 10.6 Å². The molecular weight excluding hydrogens is 255 g/mol. The lowest BCUT2D eigenvalue weighted by Crippen LogP contribution is -2.39. The third kappa shape index (κ3) is 4.67. The van der Waals surface area contributed by atoms with Gasteiger partial charge in [0.05, 0.1) is 13.2 Å². The Kier molecular flexibility index (Phi) is 5.51. The quantitative estimate of drug-likeness (QED) is 0.642. The van der Waals surface area contributed by atoms with Gasteiger partial charge >= 0.3 is 5.97 Å². The van der Waals surface area contributed by atoms with E-state index in [9.17, 15) is 9.18 Å². The number of methoxy groups -OCH3 is 1. The van der Waals surface area contributed by atoms with Crippen molar-refractivity contribution in [1.29, 1.82) is 0 Å². The van der Waals surface area contributed by atoms with Crippen molar-refractivity contribution in [3.05, 3.63) is 35.6 Å². The fourth-order valence-electron chi connectivity index (χ4n) is 1.31. The Morgan fingerprint density at radius 2 is 2.06 bits per heavy atom. The van der Waals surface area contributed by atoms with Gasteiger partial charge in [-0.1, -0.05) is 12.1 Å². The van der Waals surface area contributed by atoms with Crippen LogP contribution in [0.5, 0.6) is 0 Å². The van der Waals surface area contributed by atoms with Gasteiger partial charge in [-0.25, -0.2) is 4.39 Å². The van der Waals surface area contributed by atoms with Crippen LogP contribution >= 0.6 is 12.2 Å². The van der Waals surface area contributed by atoms with Crippen molar-refractivity contribution >= 4 is 23.3 Å². The fourth-order valence-corrected chi connectivity index (χ4v) is 1.56. The molecule has 0 aromatic heterocycles. The number of hydrogen-bond acceptors (Lipinski definition) is 3. The van der Waals surface area contributed by atoms with Crippen molar-refractivity contribution in [2.75, 3.05) is 13.7 Å². The van der Waals surface area contributed by atoms with E-state index in [1.54, 1.807) is 12.1 Å². The zero-order valence-corrected chi connectivity index (χ0v) is 11.0. The van der Waals surface area contributed by atoms with Crippen molar-refractivity contribution in [2.45, 2.75) is 13.0 Å². The Hall–Kier alpha value is -1.69. The lowest BCUT2D eigenvalue weighted by Gasteiger charge is -2.16. The maximum absolute atomic E-state index is 12.8. The van der Waals surface area contributed by atoms with E-state index in [1.165, 1.54) is 19.2 Å². The van der Waals surface area contributed by atoms with E-state index in [0.717, 1.165) is 5.56 Å². The number of benzene rings is 1. The summed E-state index contributed by atoms with van der Waals surface area (Å²) in [4.78, 5) is 10.9. The van der Waals surface area contributed by atoms with Gasteiger partial charge in [-0.15, -0.1) is 0 Å². The van der Waals surface area contributed by atoms with Gasteiger partial charge in [0.15, 0.2) is 5.11 Å². The van der Waals surface area contributed by atoms with E-state index < -0.39 is 5.97 Å². The minimum Gasteiger partial charge on any atom is -0.468 e. The molecule has 0 radical (unpaired) electrons. The first-order chi connectivity index (χ1) is 8.52. The molecule has 0 heterocycles. The zero-order valence-electron chi connectivity index (χ0n) is 10.2. The SMILES string of the molecule is COC(=O)CNC(=S)N[C@@H](C)c1ccc(F)cc1. The predicted octanol–water partition coefficient (Wildman–Crippen LogP) is 1.52. The van der Waals surface area contributed by atoms with E-state index in [2.05, 4.69) is 15.4 Å². The molecule has 1 rings (SSSR count). The lowest BCUT2D eigenvalue weighted by atomic mass is 10.1. The number of hydrogen-bond donors (Lipinski definition) is 2. The van der Waals surface area contributed by atoms with Crippen molar-refractivity contribution in [3.8, 4) is 0 Å². The third-order valence-electron chi connectivity index (χ3n) is 2.34. The first-order valence-electron chi connectivity index (χ1n) is 5.39. The van der Waals surface area contributed by atoms with Gasteiger partial charge in [-0.2, -0.15) is 0 Å². The Morgan fingerprint density at radius 3 is 2.61 bits per heavy atom. The van der Waals surface area contributed by atoms with E-state index in [0.29, 0.717) is 5.11 Å². The molecule has 0 aliphatic rings.